The van der Waals surface area contributed by atoms with Crippen LogP contribution in [-0.4, -0.2) is 18.2 Å². The monoisotopic (exact) mass is 292 g/mol. The second-order valence-corrected chi connectivity index (χ2v) is 7.62. The quantitative estimate of drug-likeness (QED) is 0.899. The van der Waals surface area contributed by atoms with E-state index < -0.39 is 5.97 Å². The number of methoxy groups -OCH3 is 1. The molecule has 0 spiro atoms. The van der Waals surface area contributed by atoms with Crippen molar-refractivity contribution in [2.45, 2.75) is 65.2 Å². The molecular formula is C18H28O3. The maximum Gasteiger partial charge on any atom is 0.303 e. The highest BCUT2D eigenvalue weighted by Crippen LogP contribution is 2.40. The minimum Gasteiger partial charge on any atom is -0.496 e. The Balaban J connectivity index is 3.47. The van der Waals surface area contributed by atoms with Gasteiger partial charge in [0.15, 0.2) is 0 Å². The molecule has 0 amide bonds. The van der Waals surface area contributed by atoms with Gasteiger partial charge < -0.3 is 9.84 Å². The van der Waals surface area contributed by atoms with Crippen molar-refractivity contribution in [3.8, 4) is 5.75 Å². The fraction of sp³-hybridized carbons (Fsp3) is 0.611. The van der Waals surface area contributed by atoms with Crippen molar-refractivity contribution in [2.24, 2.45) is 0 Å². The SMILES string of the molecule is COc1c(C(C)(C)C)cc(CCC(=O)O)cc1C(C)(C)C. The molecule has 118 valence electrons. The zero-order chi connectivity index (χ0) is 16.4. The van der Waals surface area contributed by atoms with Crippen molar-refractivity contribution >= 4 is 5.97 Å². The Morgan fingerprint density at radius 1 is 1.05 bits per heavy atom. The Hall–Kier alpha value is -1.51. The van der Waals surface area contributed by atoms with Crippen molar-refractivity contribution in [1.29, 1.82) is 0 Å². The summed E-state index contributed by atoms with van der Waals surface area (Å²) in [6.07, 6.45) is 0.699. The molecule has 0 aliphatic rings. The van der Waals surface area contributed by atoms with E-state index >= 15 is 0 Å². The molecule has 1 N–H and O–H groups in total. The van der Waals surface area contributed by atoms with E-state index in [1.165, 1.54) is 0 Å². The number of benzene rings is 1. The van der Waals surface area contributed by atoms with Gasteiger partial charge in [0.25, 0.3) is 0 Å². The van der Waals surface area contributed by atoms with E-state index in [0.29, 0.717) is 6.42 Å². The van der Waals surface area contributed by atoms with E-state index in [9.17, 15) is 4.79 Å². The van der Waals surface area contributed by atoms with Crippen LogP contribution in [-0.2, 0) is 22.0 Å². The number of carboxylic acid groups (broad SMARTS) is 1. The third kappa shape index (κ3) is 4.48. The molecule has 0 atom stereocenters. The molecule has 0 saturated carbocycles. The largest absolute Gasteiger partial charge is 0.496 e. The zero-order valence-electron chi connectivity index (χ0n) is 14.3. The number of ether oxygens (including phenoxy) is 1. The summed E-state index contributed by atoms with van der Waals surface area (Å²) in [6.45, 7) is 12.9. The van der Waals surface area contributed by atoms with Gasteiger partial charge in [-0.2, -0.15) is 0 Å². The van der Waals surface area contributed by atoms with Gasteiger partial charge >= 0.3 is 5.97 Å². The standard InChI is InChI=1S/C18H28O3/c1-17(2,3)13-10-12(8-9-15(19)20)11-14(16(13)21-7)18(4,5)6/h10-11H,8-9H2,1-7H3,(H,19,20). The number of hydrogen-bond acceptors (Lipinski definition) is 2. The second-order valence-electron chi connectivity index (χ2n) is 7.62. The van der Waals surface area contributed by atoms with Crippen molar-refractivity contribution in [3.63, 3.8) is 0 Å². The topological polar surface area (TPSA) is 46.5 Å². The Morgan fingerprint density at radius 3 is 1.76 bits per heavy atom. The molecule has 21 heavy (non-hydrogen) atoms. The first kappa shape index (κ1) is 17.5. The zero-order valence-corrected chi connectivity index (χ0v) is 14.3. The second kappa shape index (κ2) is 6.08. The Labute approximate surface area is 128 Å². The predicted molar refractivity (Wildman–Crippen MR) is 86.4 cm³/mol. The summed E-state index contributed by atoms with van der Waals surface area (Å²) in [5, 5.41) is 8.91. The molecule has 3 heteroatoms. The molecule has 0 aliphatic heterocycles. The average Bonchev–Trinajstić information content (AvgIpc) is 2.32. The Morgan fingerprint density at radius 2 is 1.48 bits per heavy atom. The molecule has 1 aromatic rings. The predicted octanol–water partition coefficient (Wildman–Crippen LogP) is 4.31. The van der Waals surface area contributed by atoms with Crippen molar-refractivity contribution in [2.75, 3.05) is 7.11 Å². The molecule has 0 radical (unpaired) electrons. The van der Waals surface area contributed by atoms with Crippen LogP contribution >= 0.6 is 0 Å². The van der Waals surface area contributed by atoms with Crippen LogP contribution in [0.1, 0.15) is 64.7 Å². The van der Waals surface area contributed by atoms with Crippen LogP contribution in [0, 0.1) is 0 Å². The molecule has 0 bridgehead atoms. The van der Waals surface area contributed by atoms with Crippen LogP contribution in [0.2, 0.25) is 0 Å². The highest BCUT2D eigenvalue weighted by Gasteiger charge is 2.27. The summed E-state index contributed by atoms with van der Waals surface area (Å²) in [5.41, 5.74) is 3.23. The number of hydrogen-bond donors (Lipinski definition) is 1. The van der Waals surface area contributed by atoms with E-state index in [1.807, 2.05) is 0 Å². The lowest BCUT2D eigenvalue weighted by Gasteiger charge is -2.30. The van der Waals surface area contributed by atoms with Gasteiger partial charge in [0.2, 0.25) is 0 Å². The minimum absolute atomic E-state index is 0.0510. The van der Waals surface area contributed by atoms with Crippen LogP contribution in [0.15, 0.2) is 12.1 Å². The lowest BCUT2D eigenvalue weighted by molar-refractivity contribution is -0.136. The average molecular weight is 292 g/mol. The van der Waals surface area contributed by atoms with Gasteiger partial charge in [-0.15, -0.1) is 0 Å². The van der Waals surface area contributed by atoms with Gasteiger partial charge in [0, 0.05) is 17.5 Å². The Bertz CT molecular complexity index is 481. The van der Waals surface area contributed by atoms with Crippen molar-refractivity contribution < 1.29 is 14.6 Å². The smallest absolute Gasteiger partial charge is 0.303 e. The third-order valence-electron chi connectivity index (χ3n) is 3.60. The van der Waals surface area contributed by atoms with Gasteiger partial charge in [0.05, 0.1) is 7.11 Å². The van der Waals surface area contributed by atoms with E-state index in [2.05, 4.69) is 53.7 Å². The summed E-state index contributed by atoms with van der Waals surface area (Å²) in [5.74, 6) is 0.162. The van der Waals surface area contributed by atoms with Gasteiger partial charge in [-0.1, -0.05) is 53.7 Å². The first-order valence-electron chi connectivity index (χ1n) is 7.40. The molecule has 0 aliphatic carbocycles. The number of aryl methyl sites for hydroxylation is 1. The van der Waals surface area contributed by atoms with E-state index in [4.69, 9.17) is 9.84 Å². The number of carboxylic acids is 1. The van der Waals surface area contributed by atoms with Gasteiger partial charge in [-0.05, 0) is 22.8 Å². The van der Waals surface area contributed by atoms with Crippen LogP contribution in [0.5, 0.6) is 5.75 Å². The highest BCUT2D eigenvalue weighted by molar-refractivity contribution is 5.67. The molecule has 0 fully saturated rings. The third-order valence-corrected chi connectivity index (χ3v) is 3.60. The van der Waals surface area contributed by atoms with Crippen LogP contribution in [0.4, 0.5) is 0 Å². The number of rotatable bonds is 4. The summed E-state index contributed by atoms with van der Waals surface area (Å²) in [6, 6.07) is 4.19. The molecular weight excluding hydrogens is 264 g/mol. The summed E-state index contributed by atoms with van der Waals surface area (Å²) in [4.78, 5) is 10.8. The normalized spacial score (nSPS) is 12.3. The fourth-order valence-corrected chi connectivity index (χ4v) is 2.42. The molecule has 1 aromatic carbocycles. The van der Waals surface area contributed by atoms with Crippen LogP contribution in [0.3, 0.4) is 0 Å². The van der Waals surface area contributed by atoms with Gasteiger partial charge in [0.1, 0.15) is 5.75 Å². The van der Waals surface area contributed by atoms with E-state index in [0.717, 1.165) is 22.4 Å². The molecule has 0 saturated heterocycles. The molecule has 0 aromatic heterocycles. The van der Waals surface area contributed by atoms with Crippen LogP contribution < -0.4 is 4.74 Å². The summed E-state index contributed by atoms with van der Waals surface area (Å²) in [7, 11) is 1.71. The first-order chi connectivity index (χ1) is 9.46. The summed E-state index contributed by atoms with van der Waals surface area (Å²) >= 11 is 0. The highest BCUT2D eigenvalue weighted by atomic mass is 16.5. The minimum atomic E-state index is -0.763. The fourth-order valence-electron chi connectivity index (χ4n) is 2.42. The van der Waals surface area contributed by atoms with E-state index in [-0.39, 0.29) is 17.3 Å². The van der Waals surface area contributed by atoms with E-state index in [1.54, 1.807) is 7.11 Å². The molecule has 0 heterocycles. The number of aliphatic carboxylic acids is 1. The molecule has 3 nitrogen and oxygen atoms in total. The maximum atomic E-state index is 10.8. The van der Waals surface area contributed by atoms with Crippen molar-refractivity contribution in [1.82, 2.24) is 0 Å². The maximum absolute atomic E-state index is 10.8. The number of carbonyl (C=O) groups is 1. The molecule has 1 rings (SSSR count). The van der Waals surface area contributed by atoms with Gasteiger partial charge in [-0.25, -0.2) is 0 Å². The molecule has 0 unspecified atom stereocenters. The van der Waals surface area contributed by atoms with Crippen molar-refractivity contribution in [3.05, 3.63) is 28.8 Å². The first-order valence-corrected chi connectivity index (χ1v) is 7.40. The summed E-state index contributed by atoms with van der Waals surface area (Å²) < 4.78 is 5.69. The van der Waals surface area contributed by atoms with Gasteiger partial charge in [-0.3, -0.25) is 4.79 Å². The Kier molecular flexibility index (Phi) is 5.08. The van der Waals surface area contributed by atoms with Crippen LogP contribution in [0.25, 0.3) is 0 Å². The lowest BCUT2D eigenvalue weighted by Crippen LogP contribution is -2.20. The lowest BCUT2D eigenvalue weighted by atomic mass is 9.78.